The molecule has 2 N–H and O–H groups in total. The third kappa shape index (κ3) is 3.95. The molecule has 27 heavy (non-hydrogen) atoms. The van der Waals surface area contributed by atoms with Gasteiger partial charge < -0.3 is 10.4 Å². The van der Waals surface area contributed by atoms with E-state index in [2.05, 4.69) is 20.3 Å². The number of carbonyl (C=O) groups is 1. The van der Waals surface area contributed by atoms with Crippen LogP contribution < -0.4 is 5.32 Å². The van der Waals surface area contributed by atoms with E-state index in [1.165, 1.54) is 0 Å². The number of nitrogens with one attached hydrogen (secondary N) is 1. The normalized spacial score (nSPS) is 19.7. The van der Waals surface area contributed by atoms with Crippen LogP contribution in [0, 0.1) is 0 Å². The Balaban J connectivity index is 1.65. The Morgan fingerprint density at radius 2 is 2.04 bits per heavy atom. The van der Waals surface area contributed by atoms with Crippen LogP contribution in [-0.4, -0.2) is 38.1 Å². The van der Waals surface area contributed by atoms with Crippen molar-refractivity contribution in [1.82, 2.24) is 20.3 Å². The molecule has 3 aromatic rings. The van der Waals surface area contributed by atoms with Crippen molar-refractivity contribution < 1.29 is 9.90 Å². The number of fused-ring (bicyclic) bond motifs is 1. The topological polar surface area (TPSA) is 88.0 Å². The number of aromatic nitrogens is 3. The molecule has 2 heterocycles. The number of hydrogen-bond acceptors (Lipinski definition) is 5. The number of aliphatic hydroxyl groups excluding tert-OH is 1. The summed E-state index contributed by atoms with van der Waals surface area (Å²) >= 11 is 0. The first kappa shape index (κ1) is 17.5. The molecule has 0 saturated heterocycles. The van der Waals surface area contributed by atoms with Crippen molar-refractivity contribution in [2.75, 3.05) is 0 Å². The largest absolute Gasteiger partial charge is 0.391 e. The fourth-order valence-corrected chi connectivity index (χ4v) is 3.65. The van der Waals surface area contributed by atoms with Crippen LogP contribution in [0.4, 0.5) is 0 Å². The van der Waals surface area contributed by atoms with Gasteiger partial charge in [0.15, 0.2) is 0 Å². The molecule has 6 nitrogen and oxygen atoms in total. The molecule has 1 aliphatic carbocycles. The minimum atomic E-state index is -0.484. The molecule has 0 spiro atoms. The van der Waals surface area contributed by atoms with Crippen molar-refractivity contribution in [3.05, 3.63) is 65.9 Å². The molecule has 1 fully saturated rings. The molecule has 138 valence electrons. The predicted molar refractivity (Wildman–Crippen MR) is 102 cm³/mol. The van der Waals surface area contributed by atoms with Gasteiger partial charge in [-0.3, -0.25) is 14.8 Å². The van der Waals surface area contributed by atoms with Crippen LogP contribution in [0.2, 0.25) is 0 Å². The van der Waals surface area contributed by atoms with Crippen molar-refractivity contribution in [3.8, 4) is 0 Å². The van der Waals surface area contributed by atoms with Crippen LogP contribution in [0.3, 0.4) is 0 Å². The van der Waals surface area contributed by atoms with Gasteiger partial charge in [-0.2, -0.15) is 0 Å². The summed E-state index contributed by atoms with van der Waals surface area (Å²) in [6.07, 6.45) is 8.67. The summed E-state index contributed by atoms with van der Waals surface area (Å²) in [7, 11) is 0. The van der Waals surface area contributed by atoms with Crippen LogP contribution in [0.25, 0.3) is 10.9 Å². The lowest BCUT2D eigenvalue weighted by Crippen LogP contribution is -2.45. The van der Waals surface area contributed by atoms with Crippen LogP contribution in [0.15, 0.2) is 48.9 Å². The lowest BCUT2D eigenvalue weighted by Gasteiger charge is -2.28. The predicted octanol–water partition coefficient (Wildman–Crippen LogP) is 2.65. The molecule has 0 aliphatic heterocycles. The maximum Gasteiger partial charge on any atom is 0.270 e. The van der Waals surface area contributed by atoms with Gasteiger partial charge in [-0.25, -0.2) is 4.98 Å². The van der Waals surface area contributed by atoms with E-state index in [0.717, 1.165) is 47.8 Å². The monoisotopic (exact) mass is 362 g/mol. The lowest BCUT2D eigenvalue weighted by molar-refractivity contribution is 0.0714. The Morgan fingerprint density at radius 3 is 2.85 bits per heavy atom. The summed E-state index contributed by atoms with van der Waals surface area (Å²) in [5.41, 5.74) is 2.96. The van der Waals surface area contributed by atoms with Gasteiger partial charge in [-0.05, 0) is 30.5 Å². The third-order valence-corrected chi connectivity index (χ3v) is 5.07. The van der Waals surface area contributed by atoms with Gasteiger partial charge in [0.2, 0.25) is 0 Å². The molecular formula is C21H22N4O2. The zero-order valence-electron chi connectivity index (χ0n) is 15.0. The molecule has 0 bridgehead atoms. The van der Waals surface area contributed by atoms with E-state index < -0.39 is 6.10 Å². The molecule has 1 aromatic carbocycles. The lowest BCUT2D eigenvalue weighted by atomic mass is 9.92. The quantitative estimate of drug-likeness (QED) is 0.745. The highest BCUT2D eigenvalue weighted by atomic mass is 16.3. The number of rotatable bonds is 4. The van der Waals surface area contributed by atoms with Gasteiger partial charge in [0.05, 0.1) is 23.4 Å². The Hall–Kier alpha value is -2.86. The molecule has 1 saturated carbocycles. The van der Waals surface area contributed by atoms with Crippen LogP contribution in [0.1, 0.15) is 47.4 Å². The van der Waals surface area contributed by atoms with Crippen molar-refractivity contribution in [2.24, 2.45) is 0 Å². The number of aliphatic hydroxyl groups is 1. The van der Waals surface area contributed by atoms with Gasteiger partial charge in [0.1, 0.15) is 5.69 Å². The van der Waals surface area contributed by atoms with Crippen molar-refractivity contribution in [2.45, 2.75) is 44.2 Å². The van der Waals surface area contributed by atoms with Gasteiger partial charge in [0, 0.05) is 30.4 Å². The second-order valence-corrected chi connectivity index (χ2v) is 6.99. The molecule has 4 rings (SSSR count). The Kier molecular flexibility index (Phi) is 5.07. The average molecular weight is 362 g/mol. The first-order valence-electron chi connectivity index (χ1n) is 9.33. The first-order valence-corrected chi connectivity index (χ1v) is 9.33. The van der Waals surface area contributed by atoms with Crippen molar-refractivity contribution >= 4 is 16.8 Å². The summed E-state index contributed by atoms with van der Waals surface area (Å²) in [5.74, 6) is -0.243. The minimum Gasteiger partial charge on any atom is -0.391 e. The fraction of sp³-hybridized carbons (Fsp3) is 0.333. The molecule has 6 heteroatoms. The number of para-hydroxylation sites is 1. The summed E-state index contributed by atoms with van der Waals surface area (Å²) < 4.78 is 0. The highest BCUT2D eigenvalue weighted by Gasteiger charge is 2.25. The zero-order valence-corrected chi connectivity index (χ0v) is 15.0. The summed E-state index contributed by atoms with van der Waals surface area (Å²) in [4.78, 5) is 25.8. The van der Waals surface area contributed by atoms with E-state index in [1.54, 1.807) is 18.6 Å². The summed E-state index contributed by atoms with van der Waals surface area (Å²) in [6.45, 7) is 0. The third-order valence-electron chi connectivity index (χ3n) is 5.07. The van der Waals surface area contributed by atoms with Crippen molar-refractivity contribution in [1.29, 1.82) is 0 Å². The Morgan fingerprint density at radius 1 is 1.19 bits per heavy atom. The van der Waals surface area contributed by atoms with E-state index in [4.69, 9.17) is 0 Å². The second-order valence-electron chi connectivity index (χ2n) is 6.99. The van der Waals surface area contributed by atoms with E-state index in [9.17, 15) is 9.90 Å². The minimum absolute atomic E-state index is 0.206. The van der Waals surface area contributed by atoms with E-state index in [-0.39, 0.29) is 11.9 Å². The number of pyridine rings is 1. The highest BCUT2D eigenvalue weighted by molar-refractivity contribution is 5.96. The van der Waals surface area contributed by atoms with Crippen LogP contribution in [0.5, 0.6) is 0 Å². The zero-order chi connectivity index (χ0) is 18.6. The first-order chi connectivity index (χ1) is 13.2. The van der Waals surface area contributed by atoms with E-state index in [0.29, 0.717) is 12.1 Å². The smallest absolute Gasteiger partial charge is 0.270 e. The number of nitrogens with zero attached hydrogens (tertiary/aromatic N) is 3. The molecule has 0 unspecified atom stereocenters. The summed E-state index contributed by atoms with van der Waals surface area (Å²) in [6, 6.07) is 9.39. The number of hydrogen-bond donors (Lipinski definition) is 2. The molecule has 1 amide bonds. The van der Waals surface area contributed by atoms with Gasteiger partial charge in [-0.15, -0.1) is 0 Å². The van der Waals surface area contributed by atoms with Crippen molar-refractivity contribution in [3.63, 3.8) is 0 Å². The SMILES string of the molecule is O=C(N[C@H]1CCCC[C@@H]1O)c1cc(Cc2cnccn2)c2ccccc2n1. The maximum absolute atomic E-state index is 12.8. The van der Waals surface area contributed by atoms with Gasteiger partial charge in [0.25, 0.3) is 5.91 Å². The van der Waals surface area contributed by atoms with E-state index >= 15 is 0 Å². The fourth-order valence-electron chi connectivity index (χ4n) is 3.65. The second kappa shape index (κ2) is 7.80. The van der Waals surface area contributed by atoms with Gasteiger partial charge in [-0.1, -0.05) is 31.0 Å². The Bertz CT molecular complexity index is 945. The van der Waals surface area contributed by atoms with Crippen LogP contribution in [-0.2, 0) is 6.42 Å². The van der Waals surface area contributed by atoms with Gasteiger partial charge >= 0.3 is 0 Å². The highest BCUT2D eigenvalue weighted by Crippen LogP contribution is 2.22. The number of benzene rings is 1. The number of amides is 1. The standard InChI is InChI=1S/C21H22N4O2/c26-20-8-4-3-7-18(20)25-21(27)19-12-14(11-15-13-22-9-10-23-15)16-5-1-2-6-17(16)24-19/h1-2,5-6,9-10,12-13,18,20,26H,3-4,7-8,11H2,(H,25,27)/t18-,20-/m0/s1. The molecule has 0 radical (unpaired) electrons. The van der Waals surface area contributed by atoms with Crippen LogP contribution >= 0.6 is 0 Å². The number of carbonyl (C=O) groups excluding carboxylic acids is 1. The molecule has 1 aliphatic rings. The molecule has 2 atom stereocenters. The molecular weight excluding hydrogens is 340 g/mol. The molecule has 2 aromatic heterocycles. The maximum atomic E-state index is 12.8. The van der Waals surface area contributed by atoms with E-state index in [1.807, 2.05) is 30.3 Å². The average Bonchev–Trinajstić information content (AvgIpc) is 2.70. The summed E-state index contributed by atoms with van der Waals surface area (Å²) in [5, 5.41) is 14.1. The Labute approximate surface area is 157 Å².